The van der Waals surface area contributed by atoms with Gasteiger partial charge in [-0.1, -0.05) is 24.3 Å². The third-order valence-electron chi connectivity index (χ3n) is 6.30. The normalized spacial score (nSPS) is 25.6. The van der Waals surface area contributed by atoms with Crippen LogP contribution in [0.5, 0.6) is 5.88 Å². The van der Waals surface area contributed by atoms with Crippen molar-refractivity contribution in [2.45, 2.75) is 56.9 Å². The van der Waals surface area contributed by atoms with Crippen LogP contribution in [0.25, 0.3) is 10.8 Å². The summed E-state index contributed by atoms with van der Waals surface area (Å²) >= 11 is 0. The number of likely N-dealkylation sites (tertiary alicyclic amines) is 1. The van der Waals surface area contributed by atoms with Crippen molar-refractivity contribution >= 4 is 28.7 Å². The smallest absolute Gasteiger partial charge is 0.411 e. The summed E-state index contributed by atoms with van der Waals surface area (Å²) in [6.45, 7) is 9.15. The van der Waals surface area contributed by atoms with E-state index in [1.54, 1.807) is 33.0 Å². The molecule has 2 amide bonds. The van der Waals surface area contributed by atoms with Gasteiger partial charge in [-0.25, -0.2) is 14.6 Å². The molecule has 186 valence electrons. The van der Waals surface area contributed by atoms with Gasteiger partial charge in [-0.3, -0.25) is 9.69 Å². The van der Waals surface area contributed by atoms with Crippen LogP contribution in [0.3, 0.4) is 0 Å². The average molecular weight is 482 g/mol. The van der Waals surface area contributed by atoms with Crippen molar-refractivity contribution in [3.63, 3.8) is 0 Å². The number of ether oxygens (including phenoxy) is 3. The number of hydrogen-bond acceptors (Lipinski definition) is 7. The van der Waals surface area contributed by atoms with Gasteiger partial charge in [0, 0.05) is 23.9 Å². The van der Waals surface area contributed by atoms with Gasteiger partial charge in [0.25, 0.3) is 0 Å². The molecule has 1 saturated carbocycles. The predicted octanol–water partition coefficient (Wildman–Crippen LogP) is 3.23. The number of amides is 2. The zero-order valence-corrected chi connectivity index (χ0v) is 20.4. The van der Waals surface area contributed by atoms with Crippen molar-refractivity contribution in [1.29, 1.82) is 0 Å². The van der Waals surface area contributed by atoms with Gasteiger partial charge in [0.2, 0.25) is 11.8 Å². The predicted molar refractivity (Wildman–Crippen MR) is 129 cm³/mol. The summed E-state index contributed by atoms with van der Waals surface area (Å²) in [7, 11) is 1.28. The van der Waals surface area contributed by atoms with Crippen LogP contribution in [0.4, 0.5) is 4.79 Å². The quantitative estimate of drug-likeness (QED) is 0.499. The minimum atomic E-state index is -1.16. The molecule has 1 aliphatic carbocycles. The van der Waals surface area contributed by atoms with E-state index in [4.69, 9.17) is 14.2 Å². The van der Waals surface area contributed by atoms with Crippen molar-refractivity contribution in [3.8, 4) is 5.88 Å². The van der Waals surface area contributed by atoms with Gasteiger partial charge in [-0.05, 0) is 44.7 Å². The molecule has 0 bridgehead atoms. The second-order valence-corrected chi connectivity index (χ2v) is 9.96. The number of hydrogen-bond donors (Lipinski definition) is 1. The molecule has 2 heterocycles. The molecule has 1 aromatic heterocycles. The summed E-state index contributed by atoms with van der Waals surface area (Å²) in [4.78, 5) is 44.6. The minimum Gasteiger partial charge on any atom is -0.472 e. The second-order valence-electron chi connectivity index (χ2n) is 9.96. The van der Waals surface area contributed by atoms with E-state index in [1.165, 1.54) is 12.0 Å². The van der Waals surface area contributed by atoms with E-state index in [0.717, 1.165) is 10.8 Å². The molecule has 4 unspecified atom stereocenters. The maximum absolute atomic E-state index is 13.4. The monoisotopic (exact) mass is 481 g/mol. The molecule has 1 aromatic carbocycles. The lowest BCUT2D eigenvalue weighted by Gasteiger charge is -2.28. The number of pyridine rings is 1. The highest BCUT2D eigenvalue weighted by molar-refractivity contribution is 5.95. The van der Waals surface area contributed by atoms with Crippen molar-refractivity contribution in [2.24, 2.45) is 5.92 Å². The largest absolute Gasteiger partial charge is 0.472 e. The van der Waals surface area contributed by atoms with Crippen LogP contribution in [-0.4, -0.2) is 64.8 Å². The summed E-state index contributed by atoms with van der Waals surface area (Å²) in [5, 5.41) is 4.62. The van der Waals surface area contributed by atoms with Crippen LogP contribution in [-0.2, 0) is 19.1 Å². The Morgan fingerprint density at radius 3 is 2.63 bits per heavy atom. The Morgan fingerprint density at radius 1 is 1.23 bits per heavy atom. The summed E-state index contributed by atoms with van der Waals surface area (Å²) in [6, 6.07) is 8.69. The van der Waals surface area contributed by atoms with Crippen molar-refractivity contribution in [3.05, 3.63) is 49.2 Å². The van der Waals surface area contributed by atoms with E-state index < -0.39 is 41.3 Å². The first-order valence-corrected chi connectivity index (χ1v) is 11.6. The van der Waals surface area contributed by atoms with Crippen molar-refractivity contribution < 1.29 is 28.6 Å². The Morgan fingerprint density at radius 2 is 1.97 bits per heavy atom. The first kappa shape index (κ1) is 24.5. The number of carbonyl (C=O) groups is 3. The van der Waals surface area contributed by atoms with Crippen LogP contribution < -0.4 is 10.1 Å². The van der Waals surface area contributed by atoms with E-state index >= 15 is 0 Å². The highest BCUT2D eigenvalue weighted by Gasteiger charge is 2.62. The Hall–Kier alpha value is -3.62. The minimum absolute atomic E-state index is 0.133. The summed E-state index contributed by atoms with van der Waals surface area (Å²) in [5.41, 5.74) is -1.91. The molecule has 1 N–H and O–H groups in total. The molecule has 2 aliphatic rings. The van der Waals surface area contributed by atoms with Crippen LogP contribution in [0.15, 0.2) is 49.2 Å². The Labute approximate surface area is 204 Å². The number of carbonyl (C=O) groups excluding carboxylic acids is 3. The highest BCUT2D eigenvalue weighted by Crippen LogP contribution is 2.45. The van der Waals surface area contributed by atoms with Crippen LogP contribution in [0.1, 0.15) is 33.6 Å². The maximum atomic E-state index is 13.4. The van der Waals surface area contributed by atoms with E-state index in [2.05, 4.69) is 16.9 Å². The molecule has 2 aromatic rings. The zero-order valence-electron chi connectivity index (χ0n) is 20.4. The number of methoxy groups -OCH3 is 1. The standard InChI is InChI=1S/C26H31N3O6/c1-6-17-14-26(17,23(31)33-5)28-21(30)20-13-18(15-29(20)24(32)35-25(2,3)4)34-22-19-10-8-7-9-16(19)11-12-27-22/h6-12,17-18,20H,1,13-15H2,2-5H3,(H,28,30). The van der Waals surface area contributed by atoms with Gasteiger partial charge >= 0.3 is 12.1 Å². The second kappa shape index (κ2) is 9.20. The molecule has 1 saturated heterocycles. The molecule has 9 heteroatoms. The van der Waals surface area contributed by atoms with Gasteiger partial charge in [0.1, 0.15) is 23.3 Å². The summed E-state index contributed by atoms with van der Waals surface area (Å²) < 4.78 is 16.7. The van der Waals surface area contributed by atoms with Gasteiger partial charge in [-0.15, -0.1) is 6.58 Å². The lowest BCUT2D eigenvalue weighted by Crippen LogP contribution is -2.53. The molecule has 2 fully saturated rings. The fourth-order valence-electron chi connectivity index (χ4n) is 4.48. The van der Waals surface area contributed by atoms with Crippen LogP contribution in [0.2, 0.25) is 0 Å². The number of benzene rings is 1. The summed E-state index contributed by atoms with van der Waals surface area (Å²) in [5.74, 6) is -0.812. The van der Waals surface area contributed by atoms with Crippen LogP contribution >= 0.6 is 0 Å². The van der Waals surface area contributed by atoms with Gasteiger partial charge < -0.3 is 19.5 Å². The van der Waals surface area contributed by atoms with Gasteiger partial charge in [0.05, 0.1) is 13.7 Å². The number of nitrogens with one attached hydrogen (secondary N) is 1. The lowest BCUT2D eigenvalue weighted by atomic mass is 10.1. The SMILES string of the molecule is C=CC1CC1(NC(=O)C1CC(Oc2nccc3ccccc23)CN1C(=O)OC(C)(C)C)C(=O)OC. The summed E-state index contributed by atoms with van der Waals surface area (Å²) in [6.07, 6.45) is 2.76. The number of esters is 1. The average Bonchev–Trinajstić information content (AvgIpc) is 3.36. The van der Waals surface area contributed by atoms with E-state index in [0.29, 0.717) is 12.3 Å². The third-order valence-corrected chi connectivity index (χ3v) is 6.30. The highest BCUT2D eigenvalue weighted by atomic mass is 16.6. The van der Waals surface area contributed by atoms with Gasteiger partial charge in [-0.2, -0.15) is 0 Å². The molecule has 0 spiro atoms. The Bertz CT molecular complexity index is 1150. The fraction of sp³-hybridized carbons (Fsp3) is 0.462. The number of nitrogens with zero attached hydrogens (tertiary/aromatic N) is 2. The Kier molecular flexibility index (Phi) is 6.44. The number of aromatic nitrogens is 1. The molecule has 4 rings (SSSR count). The molecule has 0 radical (unpaired) electrons. The van der Waals surface area contributed by atoms with E-state index in [1.807, 2.05) is 30.3 Å². The molecule has 4 atom stereocenters. The van der Waals surface area contributed by atoms with Crippen molar-refractivity contribution in [1.82, 2.24) is 15.2 Å². The molecule has 35 heavy (non-hydrogen) atoms. The molecule has 1 aliphatic heterocycles. The first-order chi connectivity index (χ1) is 16.6. The topological polar surface area (TPSA) is 107 Å². The third kappa shape index (κ3) is 4.94. The lowest BCUT2D eigenvalue weighted by molar-refractivity contribution is -0.147. The van der Waals surface area contributed by atoms with Crippen molar-refractivity contribution in [2.75, 3.05) is 13.7 Å². The Balaban J connectivity index is 1.57. The number of rotatable bonds is 6. The first-order valence-electron chi connectivity index (χ1n) is 11.6. The van der Waals surface area contributed by atoms with E-state index in [-0.39, 0.29) is 18.9 Å². The van der Waals surface area contributed by atoms with Crippen LogP contribution in [0, 0.1) is 5.92 Å². The molecular weight excluding hydrogens is 450 g/mol. The fourth-order valence-corrected chi connectivity index (χ4v) is 4.48. The zero-order chi connectivity index (χ0) is 25.4. The molecule has 9 nitrogen and oxygen atoms in total. The molecular formula is C26H31N3O6. The van der Waals surface area contributed by atoms with E-state index in [9.17, 15) is 14.4 Å². The number of fused-ring (bicyclic) bond motifs is 1. The van der Waals surface area contributed by atoms with Gasteiger partial charge in [0.15, 0.2) is 0 Å². The maximum Gasteiger partial charge on any atom is 0.411 e.